The summed E-state index contributed by atoms with van der Waals surface area (Å²) in [5, 5.41) is 3.36. The third-order valence-corrected chi connectivity index (χ3v) is 4.33. The molecule has 0 aliphatic carbocycles. The first-order valence-corrected chi connectivity index (χ1v) is 9.24. The average molecular weight is 421 g/mol. The van der Waals surface area contributed by atoms with E-state index in [0.717, 1.165) is 24.5 Å². The Morgan fingerprint density at radius 3 is 2.97 bits per heavy atom. The van der Waals surface area contributed by atoms with E-state index in [1.807, 2.05) is 6.92 Å². The van der Waals surface area contributed by atoms with Gasteiger partial charge in [-0.25, -0.2) is 18.7 Å². The summed E-state index contributed by atoms with van der Waals surface area (Å²) in [4.78, 5) is 31.5. The lowest BCUT2D eigenvalue weighted by molar-refractivity contribution is -0.105. The van der Waals surface area contributed by atoms with Crippen molar-refractivity contribution in [3.05, 3.63) is 47.0 Å². The number of hydrogen-bond acceptors (Lipinski definition) is 7. The second-order valence-electron chi connectivity index (χ2n) is 6.63. The summed E-state index contributed by atoms with van der Waals surface area (Å²) in [7, 11) is 1.48. The number of amides is 2. The lowest BCUT2D eigenvalue weighted by Gasteiger charge is -2.19. The predicted molar refractivity (Wildman–Crippen MR) is 101 cm³/mol. The van der Waals surface area contributed by atoms with Crippen LogP contribution in [-0.4, -0.2) is 41.1 Å². The third kappa shape index (κ3) is 4.86. The van der Waals surface area contributed by atoms with Crippen molar-refractivity contribution in [2.45, 2.75) is 32.5 Å². The van der Waals surface area contributed by atoms with Crippen LogP contribution in [0.25, 0.3) is 0 Å². The number of anilines is 1. The van der Waals surface area contributed by atoms with Gasteiger partial charge in [0.15, 0.2) is 18.3 Å². The van der Waals surface area contributed by atoms with E-state index in [0.29, 0.717) is 18.4 Å². The molecule has 1 atom stereocenters. The van der Waals surface area contributed by atoms with Crippen molar-refractivity contribution in [1.29, 1.82) is 0 Å². The van der Waals surface area contributed by atoms with Gasteiger partial charge in [0, 0.05) is 30.9 Å². The van der Waals surface area contributed by atoms with E-state index in [9.17, 15) is 18.4 Å². The molecule has 11 heteroatoms. The third-order valence-electron chi connectivity index (χ3n) is 4.33. The molecule has 0 fully saturated rings. The van der Waals surface area contributed by atoms with E-state index < -0.39 is 17.5 Å². The van der Waals surface area contributed by atoms with Crippen LogP contribution in [0, 0.1) is 11.6 Å². The Labute approximate surface area is 171 Å². The number of nitrogens with one attached hydrogen (secondary N) is 2. The molecule has 1 unspecified atom stereocenters. The summed E-state index contributed by atoms with van der Waals surface area (Å²) >= 11 is 0. The van der Waals surface area contributed by atoms with Gasteiger partial charge in [0.1, 0.15) is 17.6 Å². The normalized spacial score (nSPS) is 15.0. The fourth-order valence-corrected chi connectivity index (χ4v) is 2.96. The van der Waals surface area contributed by atoms with Gasteiger partial charge in [-0.15, -0.1) is 0 Å². The van der Waals surface area contributed by atoms with Crippen LogP contribution in [0.3, 0.4) is 0 Å². The fraction of sp³-hybridized carbons (Fsp3) is 0.368. The summed E-state index contributed by atoms with van der Waals surface area (Å²) in [5.74, 6) is -2.70. The first-order valence-electron chi connectivity index (χ1n) is 9.24. The smallest absolute Gasteiger partial charge is 0.303 e. The number of rotatable bonds is 9. The summed E-state index contributed by atoms with van der Waals surface area (Å²) < 4.78 is 38.2. The number of benzene rings is 1. The number of halogens is 2. The standard InChI is InChI=1S/C19H21F2N5O4/c1-3-4-14-16-11(8-29-14)7-22-18(24-16)19(28)25-26(2)10-30-15-6-12(20)5-13(21)17(15)23-9-27/h5-7,9,14H,3-4,8,10H2,1-2H3,(H,23,27)(H,25,28). The van der Waals surface area contributed by atoms with Crippen LogP contribution >= 0.6 is 0 Å². The molecular formula is C19H21F2N5O4. The molecule has 0 spiro atoms. The molecule has 2 aromatic rings. The molecule has 1 aromatic heterocycles. The topological polar surface area (TPSA) is 106 Å². The summed E-state index contributed by atoms with van der Waals surface area (Å²) in [6.07, 6.45) is 3.36. The van der Waals surface area contributed by atoms with E-state index in [2.05, 4.69) is 20.7 Å². The molecule has 30 heavy (non-hydrogen) atoms. The van der Waals surface area contributed by atoms with Crippen LogP contribution in [0.5, 0.6) is 5.75 Å². The quantitative estimate of drug-likeness (QED) is 0.364. The monoisotopic (exact) mass is 421 g/mol. The lowest BCUT2D eigenvalue weighted by atomic mass is 10.1. The highest BCUT2D eigenvalue weighted by molar-refractivity contribution is 5.90. The minimum atomic E-state index is -0.987. The van der Waals surface area contributed by atoms with Crippen molar-refractivity contribution >= 4 is 18.0 Å². The Morgan fingerprint density at radius 1 is 1.43 bits per heavy atom. The Kier molecular flexibility index (Phi) is 6.85. The van der Waals surface area contributed by atoms with E-state index >= 15 is 0 Å². The zero-order valence-electron chi connectivity index (χ0n) is 16.4. The molecule has 0 radical (unpaired) electrons. The number of carbonyl (C=O) groups excluding carboxylic acids is 2. The van der Waals surface area contributed by atoms with E-state index in [4.69, 9.17) is 9.47 Å². The second kappa shape index (κ2) is 9.55. The number of carbonyl (C=O) groups is 2. The molecule has 0 saturated heterocycles. The van der Waals surface area contributed by atoms with E-state index in [1.54, 1.807) is 6.20 Å². The zero-order chi connectivity index (χ0) is 21.7. The number of hydrogen-bond donors (Lipinski definition) is 2. The van der Waals surface area contributed by atoms with Crippen molar-refractivity contribution in [3.63, 3.8) is 0 Å². The molecule has 1 aromatic carbocycles. The van der Waals surface area contributed by atoms with E-state index in [1.165, 1.54) is 12.1 Å². The number of fused-ring (bicyclic) bond motifs is 1. The van der Waals surface area contributed by atoms with E-state index in [-0.39, 0.29) is 36.5 Å². The van der Waals surface area contributed by atoms with Crippen LogP contribution in [-0.2, 0) is 16.1 Å². The Balaban J connectivity index is 1.64. The van der Waals surface area contributed by atoms with Crippen molar-refractivity contribution in [1.82, 2.24) is 20.4 Å². The molecular weight excluding hydrogens is 400 g/mol. The molecule has 1 aliphatic heterocycles. The van der Waals surface area contributed by atoms with Crippen molar-refractivity contribution in [2.75, 3.05) is 19.1 Å². The van der Waals surface area contributed by atoms with Gasteiger partial charge in [0.05, 0.1) is 12.3 Å². The first-order chi connectivity index (χ1) is 14.4. The van der Waals surface area contributed by atoms with Crippen molar-refractivity contribution < 1.29 is 27.8 Å². The average Bonchev–Trinajstić information content (AvgIpc) is 3.11. The van der Waals surface area contributed by atoms with Gasteiger partial charge in [-0.05, 0) is 6.42 Å². The molecule has 2 N–H and O–H groups in total. The van der Waals surface area contributed by atoms with Gasteiger partial charge in [-0.3, -0.25) is 15.0 Å². The van der Waals surface area contributed by atoms with Gasteiger partial charge < -0.3 is 14.8 Å². The summed E-state index contributed by atoms with van der Waals surface area (Å²) in [6, 6.07) is 1.53. The van der Waals surface area contributed by atoms with Crippen molar-refractivity contribution in [3.8, 4) is 5.75 Å². The van der Waals surface area contributed by atoms with Crippen LogP contribution in [0.15, 0.2) is 18.3 Å². The molecule has 3 rings (SSSR count). The first kappa shape index (κ1) is 21.5. The van der Waals surface area contributed by atoms with Gasteiger partial charge in [-0.1, -0.05) is 13.3 Å². The molecule has 9 nitrogen and oxygen atoms in total. The highest BCUT2D eigenvalue weighted by Gasteiger charge is 2.26. The summed E-state index contributed by atoms with van der Waals surface area (Å²) in [6.45, 7) is 2.18. The van der Waals surface area contributed by atoms with Gasteiger partial charge >= 0.3 is 5.91 Å². The maximum absolute atomic E-state index is 13.8. The van der Waals surface area contributed by atoms with Crippen LogP contribution in [0.4, 0.5) is 14.5 Å². The Morgan fingerprint density at radius 2 is 2.23 bits per heavy atom. The molecule has 1 aliphatic rings. The number of aromatic nitrogens is 2. The van der Waals surface area contributed by atoms with Crippen LogP contribution < -0.4 is 15.5 Å². The Hall–Kier alpha value is -3.18. The second-order valence-corrected chi connectivity index (χ2v) is 6.63. The number of nitrogens with zero attached hydrogens (tertiary/aromatic N) is 3. The Bertz CT molecular complexity index is 941. The van der Waals surface area contributed by atoms with Gasteiger partial charge in [0.25, 0.3) is 0 Å². The maximum Gasteiger partial charge on any atom is 0.303 e. The predicted octanol–water partition coefficient (Wildman–Crippen LogP) is 2.31. The SMILES string of the molecule is CCCC1OCc2cnc(C(=O)NN(C)COc3cc(F)cc(F)c3NC=O)nc21. The van der Waals surface area contributed by atoms with Gasteiger partial charge in [-0.2, -0.15) is 5.01 Å². The number of ether oxygens (including phenoxy) is 2. The van der Waals surface area contributed by atoms with Crippen molar-refractivity contribution in [2.24, 2.45) is 0 Å². The molecule has 2 heterocycles. The minimum Gasteiger partial charge on any atom is -0.474 e. The largest absolute Gasteiger partial charge is 0.474 e. The maximum atomic E-state index is 13.8. The van der Waals surface area contributed by atoms with Crippen LogP contribution in [0.1, 0.15) is 47.7 Å². The fourth-order valence-electron chi connectivity index (χ4n) is 2.96. The molecule has 2 amide bonds. The zero-order valence-corrected chi connectivity index (χ0v) is 16.4. The highest BCUT2D eigenvalue weighted by Crippen LogP contribution is 2.32. The summed E-state index contributed by atoms with van der Waals surface area (Å²) in [5.41, 5.74) is 3.76. The number of hydrazine groups is 1. The van der Waals surface area contributed by atoms with Crippen LogP contribution in [0.2, 0.25) is 0 Å². The highest BCUT2D eigenvalue weighted by atomic mass is 19.1. The molecule has 0 bridgehead atoms. The van der Waals surface area contributed by atoms with Gasteiger partial charge in [0.2, 0.25) is 12.2 Å². The molecule has 0 saturated carbocycles. The minimum absolute atomic E-state index is 0.0349. The lowest BCUT2D eigenvalue weighted by Crippen LogP contribution is -2.42. The molecule has 160 valence electrons.